The topological polar surface area (TPSA) is 48.1 Å². The Labute approximate surface area is 216 Å². The molecule has 3 rings (SSSR count). The van der Waals surface area contributed by atoms with Crippen molar-refractivity contribution in [2.75, 3.05) is 19.6 Å². The van der Waals surface area contributed by atoms with E-state index in [1.54, 1.807) is 0 Å². The molecular formula is C28H40N4S2. The summed E-state index contributed by atoms with van der Waals surface area (Å²) in [7, 11) is 0. The fourth-order valence-corrected chi connectivity index (χ4v) is 5.84. The van der Waals surface area contributed by atoms with E-state index in [1.807, 2.05) is 12.1 Å². The molecule has 0 heterocycles. The van der Waals surface area contributed by atoms with E-state index in [0.717, 1.165) is 62.0 Å². The van der Waals surface area contributed by atoms with Gasteiger partial charge in [0.15, 0.2) is 10.2 Å². The largest absolute Gasteiger partial charge is 0.362 e. The molecule has 1 fully saturated rings. The Kier molecular flexibility index (Phi) is 9.72. The first-order valence-electron chi connectivity index (χ1n) is 12.4. The number of rotatable bonds is 9. The van der Waals surface area contributed by atoms with Gasteiger partial charge in [-0.05, 0) is 78.5 Å². The molecule has 1 aliphatic rings. The Morgan fingerprint density at radius 1 is 0.765 bits per heavy atom. The fourth-order valence-electron chi connectivity index (χ4n) is 5.39. The Bertz CT molecular complexity index is 917. The molecule has 184 valence electrons. The van der Waals surface area contributed by atoms with Crippen LogP contribution in [0.4, 0.5) is 0 Å². The van der Waals surface area contributed by atoms with Gasteiger partial charge in [0.05, 0.1) is 0 Å². The number of hydrogen-bond acceptors (Lipinski definition) is 2. The van der Waals surface area contributed by atoms with Crippen LogP contribution in [0.2, 0.25) is 0 Å². The molecular weight excluding hydrogens is 456 g/mol. The Balaban J connectivity index is 1.42. The molecule has 0 saturated heterocycles. The predicted octanol–water partition coefficient (Wildman–Crippen LogP) is 4.99. The second-order valence-electron chi connectivity index (χ2n) is 10.7. The molecule has 2 atom stereocenters. The summed E-state index contributed by atoms with van der Waals surface area (Å²) in [5.41, 5.74) is 3.03. The summed E-state index contributed by atoms with van der Waals surface area (Å²) in [5.74, 6) is 0. The smallest absolute Gasteiger partial charge is 0.166 e. The lowest BCUT2D eigenvalue weighted by atomic mass is 9.62. The lowest BCUT2D eigenvalue weighted by Crippen LogP contribution is -2.53. The van der Waals surface area contributed by atoms with Crippen molar-refractivity contribution in [1.82, 2.24) is 21.3 Å². The van der Waals surface area contributed by atoms with E-state index in [0.29, 0.717) is 6.04 Å². The quantitative estimate of drug-likeness (QED) is 0.367. The first kappa shape index (κ1) is 26.4. The highest BCUT2D eigenvalue weighted by Gasteiger charge is 2.41. The normalized spacial score (nSPS) is 21.3. The van der Waals surface area contributed by atoms with E-state index in [2.05, 4.69) is 90.6 Å². The maximum Gasteiger partial charge on any atom is 0.166 e. The van der Waals surface area contributed by atoms with Crippen LogP contribution >= 0.6 is 24.4 Å². The van der Waals surface area contributed by atoms with Gasteiger partial charge in [-0.25, -0.2) is 0 Å². The minimum Gasteiger partial charge on any atom is -0.362 e. The van der Waals surface area contributed by atoms with Crippen molar-refractivity contribution in [2.24, 2.45) is 10.8 Å². The van der Waals surface area contributed by atoms with Gasteiger partial charge < -0.3 is 21.3 Å². The minimum atomic E-state index is 0.143. The van der Waals surface area contributed by atoms with Crippen molar-refractivity contribution in [3.63, 3.8) is 0 Å². The highest BCUT2D eigenvalue weighted by Crippen LogP contribution is 2.45. The number of nitrogens with one attached hydrogen (secondary N) is 4. The summed E-state index contributed by atoms with van der Waals surface area (Å²) < 4.78 is 0. The summed E-state index contributed by atoms with van der Waals surface area (Å²) in [4.78, 5) is 0. The standard InChI is InChI=1S/C28H40N4S2/c1-27(2)18-24(32-26(34)30-17-15-23-12-8-5-9-13-23)19-28(3,20-27)21-31-25(33)29-16-14-22-10-6-4-7-11-22/h4-13,24H,14-21H2,1-3H3,(H2,29,31,33)(H2,30,32,34)/t24-,28-/m0/s1. The fraction of sp³-hybridized carbons (Fsp3) is 0.500. The second kappa shape index (κ2) is 12.5. The molecule has 4 nitrogen and oxygen atoms in total. The molecule has 0 bridgehead atoms. The summed E-state index contributed by atoms with van der Waals surface area (Å²) in [6.07, 6.45) is 5.27. The Morgan fingerprint density at radius 2 is 1.29 bits per heavy atom. The van der Waals surface area contributed by atoms with Crippen LogP contribution < -0.4 is 21.3 Å². The zero-order valence-electron chi connectivity index (χ0n) is 20.8. The Morgan fingerprint density at radius 3 is 1.85 bits per heavy atom. The monoisotopic (exact) mass is 496 g/mol. The van der Waals surface area contributed by atoms with E-state index in [4.69, 9.17) is 24.4 Å². The van der Waals surface area contributed by atoms with E-state index in [9.17, 15) is 0 Å². The van der Waals surface area contributed by atoms with Gasteiger partial charge in [0, 0.05) is 25.7 Å². The van der Waals surface area contributed by atoms with Gasteiger partial charge in [-0.2, -0.15) is 0 Å². The zero-order chi connectivity index (χ0) is 24.4. The summed E-state index contributed by atoms with van der Waals surface area (Å²) in [6, 6.07) is 21.4. The average molecular weight is 497 g/mol. The Hall–Kier alpha value is -2.18. The number of thiocarbonyl (C=S) groups is 2. The van der Waals surface area contributed by atoms with Crippen molar-refractivity contribution in [2.45, 2.75) is 58.9 Å². The van der Waals surface area contributed by atoms with Crippen LogP contribution in [0.5, 0.6) is 0 Å². The average Bonchev–Trinajstić information content (AvgIpc) is 2.78. The first-order valence-corrected chi connectivity index (χ1v) is 13.2. The van der Waals surface area contributed by atoms with Crippen LogP contribution in [-0.2, 0) is 12.8 Å². The van der Waals surface area contributed by atoms with E-state index in [-0.39, 0.29) is 10.8 Å². The van der Waals surface area contributed by atoms with Gasteiger partial charge in [-0.3, -0.25) is 0 Å². The molecule has 34 heavy (non-hydrogen) atoms. The molecule has 0 unspecified atom stereocenters. The molecule has 1 saturated carbocycles. The highest BCUT2D eigenvalue weighted by molar-refractivity contribution is 7.80. The zero-order valence-corrected chi connectivity index (χ0v) is 22.5. The third kappa shape index (κ3) is 9.22. The van der Waals surface area contributed by atoms with Crippen LogP contribution in [-0.4, -0.2) is 35.9 Å². The molecule has 0 amide bonds. The van der Waals surface area contributed by atoms with E-state index >= 15 is 0 Å². The van der Waals surface area contributed by atoms with Crippen molar-refractivity contribution < 1.29 is 0 Å². The van der Waals surface area contributed by atoms with Crippen LogP contribution in [0.15, 0.2) is 60.7 Å². The minimum absolute atomic E-state index is 0.143. The molecule has 1 aliphatic carbocycles. The van der Waals surface area contributed by atoms with Gasteiger partial charge in [0.1, 0.15) is 0 Å². The van der Waals surface area contributed by atoms with Crippen LogP contribution in [0.1, 0.15) is 51.2 Å². The SMILES string of the molecule is CC1(C)C[C@H](NC(=S)NCCc2ccccc2)C[C@](C)(CNC(=S)NCCc2ccccc2)C1. The molecule has 0 spiro atoms. The molecule has 0 aromatic heterocycles. The van der Waals surface area contributed by atoms with Crippen LogP contribution in [0.3, 0.4) is 0 Å². The van der Waals surface area contributed by atoms with Crippen LogP contribution in [0.25, 0.3) is 0 Å². The van der Waals surface area contributed by atoms with Gasteiger partial charge >= 0.3 is 0 Å². The van der Waals surface area contributed by atoms with Crippen molar-refractivity contribution in [3.8, 4) is 0 Å². The maximum absolute atomic E-state index is 5.63. The molecule has 4 N–H and O–H groups in total. The van der Waals surface area contributed by atoms with E-state index in [1.165, 1.54) is 11.1 Å². The summed E-state index contributed by atoms with van der Waals surface area (Å²) in [6.45, 7) is 9.63. The first-order chi connectivity index (χ1) is 16.2. The number of benzene rings is 2. The van der Waals surface area contributed by atoms with Crippen molar-refractivity contribution >= 4 is 34.7 Å². The van der Waals surface area contributed by atoms with E-state index < -0.39 is 0 Å². The summed E-state index contributed by atoms with van der Waals surface area (Å²) in [5, 5.41) is 15.3. The molecule has 2 aromatic carbocycles. The van der Waals surface area contributed by atoms with Crippen LogP contribution in [0, 0.1) is 10.8 Å². The highest BCUT2D eigenvalue weighted by atomic mass is 32.1. The predicted molar refractivity (Wildman–Crippen MR) is 152 cm³/mol. The lowest BCUT2D eigenvalue weighted by Gasteiger charge is -2.47. The van der Waals surface area contributed by atoms with Gasteiger partial charge in [-0.1, -0.05) is 81.4 Å². The summed E-state index contributed by atoms with van der Waals surface area (Å²) >= 11 is 11.2. The third-order valence-corrected chi connectivity index (χ3v) is 7.09. The molecule has 2 aromatic rings. The van der Waals surface area contributed by atoms with Crippen molar-refractivity contribution in [1.29, 1.82) is 0 Å². The molecule has 6 heteroatoms. The van der Waals surface area contributed by atoms with Crippen molar-refractivity contribution in [3.05, 3.63) is 71.8 Å². The number of hydrogen-bond donors (Lipinski definition) is 4. The lowest BCUT2D eigenvalue weighted by molar-refractivity contribution is 0.0802. The van der Waals surface area contributed by atoms with Gasteiger partial charge in [0.25, 0.3) is 0 Å². The van der Waals surface area contributed by atoms with Gasteiger partial charge in [-0.15, -0.1) is 0 Å². The maximum atomic E-state index is 5.63. The second-order valence-corrected chi connectivity index (χ2v) is 11.6. The molecule has 0 radical (unpaired) electrons. The van der Waals surface area contributed by atoms with Gasteiger partial charge in [0.2, 0.25) is 0 Å². The molecule has 0 aliphatic heterocycles. The third-order valence-electron chi connectivity index (χ3n) is 6.54.